The van der Waals surface area contributed by atoms with Gasteiger partial charge in [0.05, 0.1) is 6.20 Å². The third-order valence-corrected chi connectivity index (χ3v) is 4.84. The summed E-state index contributed by atoms with van der Waals surface area (Å²) in [6, 6.07) is 0. The maximum atomic E-state index is 8.84. The van der Waals surface area contributed by atoms with E-state index in [0.29, 0.717) is 0 Å². The summed E-state index contributed by atoms with van der Waals surface area (Å²) < 4.78 is 6.05. The molecule has 0 saturated carbocycles. The molecule has 0 aliphatic rings. The lowest BCUT2D eigenvalue weighted by atomic mass is 9.94. The Morgan fingerprint density at radius 1 is 1.29 bits per heavy atom. The molecule has 2 N–H and O–H groups in total. The minimum absolute atomic E-state index is 0.0176. The molecule has 2 aromatic rings. The number of aliphatic hydroxyl groups is 1. The second-order valence-electron chi connectivity index (χ2n) is 7.14. The molecular weight excluding hydrogens is 322 g/mol. The summed E-state index contributed by atoms with van der Waals surface area (Å²) >= 11 is 1.67. The van der Waals surface area contributed by atoms with E-state index in [0.717, 1.165) is 49.0 Å². The summed E-state index contributed by atoms with van der Waals surface area (Å²) in [7, 11) is 0. The second kappa shape index (κ2) is 8.62. The molecule has 0 saturated heterocycles. The summed E-state index contributed by atoms with van der Waals surface area (Å²) in [5.74, 6) is 2.07. The van der Waals surface area contributed by atoms with Gasteiger partial charge < -0.3 is 14.8 Å². The molecule has 0 aliphatic heterocycles. The Kier molecular flexibility index (Phi) is 6.80. The van der Waals surface area contributed by atoms with E-state index in [4.69, 9.17) is 9.52 Å². The third-order valence-electron chi connectivity index (χ3n) is 3.86. The zero-order chi connectivity index (χ0) is 17.6. The normalized spacial score (nSPS) is 13.2. The van der Waals surface area contributed by atoms with Crippen LogP contribution in [0.5, 0.6) is 0 Å². The van der Waals surface area contributed by atoms with E-state index < -0.39 is 0 Å². The molecule has 134 valence electrons. The zero-order valence-corrected chi connectivity index (χ0v) is 15.9. The summed E-state index contributed by atoms with van der Waals surface area (Å²) in [6.07, 6.45) is 7.58. The standard InChI is InChI=1S/C18H29N3O2S/c1-5-7-13(16-20-12-15(23-16)18(2,3)4)10-14-11-21-17(24-14)19-8-6-9-22/h11-13,22H,5-10H2,1-4H3,(H,19,21). The Morgan fingerprint density at radius 2 is 2.08 bits per heavy atom. The fourth-order valence-electron chi connectivity index (χ4n) is 2.49. The van der Waals surface area contributed by atoms with Crippen LogP contribution < -0.4 is 5.32 Å². The van der Waals surface area contributed by atoms with Gasteiger partial charge in [-0.15, -0.1) is 11.3 Å². The number of hydrogen-bond acceptors (Lipinski definition) is 6. The highest BCUT2D eigenvalue weighted by atomic mass is 32.1. The number of nitrogens with zero attached hydrogens (tertiary/aromatic N) is 2. The van der Waals surface area contributed by atoms with Crippen molar-refractivity contribution in [3.63, 3.8) is 0 Å². The molecule has 1 atom stereocenters. The second-order valence-corrected chi connectivity index (χ2v) is 8.25. The van der Waals surface area contributed by atoms with E-state index in [1.54, 1.807) is 11.3 Å². The SMILES string of the molecule is CCCC(Cc1cnc(NCCCO)s1)c1ncc(C(C)(C)C)o1. The van der Waals surface area contributed by atoms with Gasteiger partial charge in [0.2, 0.25) is 0 Å². The van der Waals surface area contributed by atoms with E-state index in [-0.39, 0.29) is 17.9 Å². The van der Waals surface area contributed by atoms with Gasteiger partial charge in [-0.25, -0.2) is 9.97 Å². The Balaban J connectivity index is 2.04. The van der Waals surface area contributed by atoms with Crippen molar-refractivity contribution in [3.8, 4) is 0 Å². The lowest BCUT2D eigenvalue weighted by Gasteiger charge is -2.15. The Labute approximate surface area is 148 Å². The molecule has 0 radical (unpaired) electrons. The van der Waals surface area contributed by atoms with Crippen LogP contribution in [0.2, 0.25) is 0 Å². The van der Waals surface area contributed by atoms with E-state index in [2.05, 4.69) is 43.0 Å². The highest BCUT2D eigenvalue weighted by Gasteiger charge is 2.23. The Morgan fingerprint density at radius 3 is 2.71 bits per heavy atom. The van der Waals surface area contributed by atoms with Gasteiger partial charge in [-0.1, -0.05) is 34.1 Å². The monoisotopic (exact) mass is 351 g/mol. The highest BCUT2D eigenvalue weighted by molar-refractivity contribution is 7.15. The number of aliphatic hydroxyl groups excluding tert-OH is 1. The molecule has 0 aromatic carbocycles. The third kappa shape index (κ3) is 5.31. The number of thiazole rings is 1. The van der Waals surface area contributed by atoms with Gasteiger partial charge in [-0.05, 0) is 19.3 Å². The molecule has 24 heavy (non-hydrogen) atoms. The smallest absolute Gasteiger partial charge is 0.197 e. The van der Waals surface area contributed by atoms with E-state index in [1.165, 1.54) is 4.88 Å². The summed E-state index contributed by atoms with van der Waals surface area (Å²) in [4.78, 5) is 10.2. The van der Waals surface area contributed by atoms with Crippen LogP contribution in [0, 0.1) is 0 Å². The average molecular weight is 352 g/mol. The molecular formula is C18H29N3O2S. The molecule has 0 spiro atoms. The molecule has 2 rings (SSSR count). The van der Waals surface area contributed by atoms with Crippen molar-refractivity contribution < 1.29 is 9.52 Å². The number of aromatic nitrogens is 2. The van der Waals surface area contributed by atoms with Crippen molar-refractivity contribution in [2.45, 2.75) is 64.7 Å². The van der Waals surface area contributed by atoms with Gasteiger partial charge >= 0.3 is 0 Å². The first kappa shape index (κ1) is 18.9. The minimum Gasteiger partial charge on any atom is -0.445 e. The molecule has 0 bridgehead atoms. The van der Waals surface area contributed by atoms with Crippen LogP contribution in [0.25, 0.3) is 0 Å². The van der Waals surface area contributed by atoms with Crippen LogP contribution in [-0.4, -0.2) is 28.2 Å². The summed E-state index contributed by atoms with van der Waals surface area (Å²) in [5.41, 5.74) is -0.0176. The Hall–Kier alpha value is -1.40. The number of oxazole rings is 1. The van der Waals surface area contributed by atoms with Crippen molar-refractivity contribution in [3.05, 3.63) is 28.9 Å². The zero-order valence-electron chi connectivity index (χ0n) is 15.1. The fourth-order valence-corrected chi connectivity index (χ4v) is 3.40. The van der Waals surface area contributed by atoms with Crippen LogP contribution >= 0.6 is 11.3 Å². The van der Waals surface area contributed by atoms with Gasteiger partial charge in [0, 0.05) is 35.6 Å². The summed E-state index contributed by atoms with van der Waals surface area (Å²) in [5, 5.41) is 13.0. The lowest BCUT2D eigenvalue weighted by Crippen LogP contribution is -2.09. The first-order valence-corrected chi connectivity index (χ1v) is 9.51. The van der Waals surface area contributed by atoms with Gasteiger partial charge in [-0.2, -0.15) is 0 Å². The first-order chi connectivity index (χ1) is 11.4. The van der Waals surface area contributed by atoms with Gasteiger partial charge in [0.1, 0.15) is 5.76 Å². The largest absolute Gasteiger partial charge is 0.445 e. The van der Waals surface area contributed by atoms with Crippen LogP contribution in [0.3, 0.4) is 0 Å². The molecule has 0 amide bonds. The van der Waals surface area contributed by atoms with Crippen molar-refractivity contribution >= 4 is 16.5 Å². The van der Waals surface area contributed by atoms with Gasteiger partial charge in [0.25, 0.3) is 0 Å². The minimum atomic E-state index is -0.0176. The van der Waals surface area contributed by atoms with E-state index in [9.17, 15) is 0 Å². The van der Waals surface area contributed by atoms with Crippen LogP contribution in [-0.2, 0) is 11.8 Å². The predicted octanol–water partition coefficient (Wildman–Crippen LogP) is 4.35. The molecule has 0 fully saturated rings. The van der Waals surface area contributed by atoms with Crippen molar-refractivity contribution in [2.24, 2.45) is 0 Å². The maximum absolute atomic E-state index is 8.84. The average Bonchev–Trinajstić information content (AvgIpc) is 3.16. The number of nitrogens with one attached hydrogen (secondary N) is 1. The summed E-state index contributed by atoms with van der Waals surface area (Å²) in [6.45, 7) is 9.55. The van der Waals surface area contributed by atoms with Crippen LogP contribution in [0.4, 0.5) is 5.13 Å². The molecule has 6 heteroatoms. The van der Waals surface area contributed by atoms with Gasteiger partial charge in [-0.3, -0.25) is 0 Å². The molecule has 5 nitrogen and oxygen atoms in total. The maximum Gasteiger partial charge on any atom is 0.197 e. The van der Waals surface area contributed by atoms with Crippen molar-refractivity contribution in [1.82, 2.24) is 9.97 Å². The van der Waals surface area contributed by atoms with E-state index in [1.807, 2.05) is 12.4 Å². The van der Waals surface area contributed by atoms with E-state index >= 15 is 0 Å². The molecule has 0 aliphatic carbocycles. The predicted molar refractivity (Wildman–Crippen MR) is 98.9 cm³/mol. The highest BCUT2D eigenvalue weighted by Crippen LogP contribution is 2.31. The quantitative estimate of drug-likeness (QED) is 0.657. The number of rotatable bonds is 9. The van der Waals surface area contributed by atoms with Crippen molar-refractivity contribution in [1.29, 1.82) is 0 Å². The molecule has 1 unspecified atom stereocenters. The topological polar surface area (TPSA) is 71.2 Å². The number of anilines is 1. The van der Waals surface area contributed by atoms with Crippen LogP contribution in [0.1, 0.15) is 69.4 Å². The Bertz CT molecular complexity index is 616. The molecule has 2 heterocycles. The fraction of sp³-hybridized carbons (Fsp3) is 0.667. The first-order valence-electron chi connectivity index (χ1n) is 8.69. The molecule has 2 aromatic heterocycles. The lowest BCUT2D eigenvalue weighted by molar-refractivity contribution is 0.292. The van der Waals surface area contributed by atoms with Gasteiger partial charge in [0.15, 0.2) is 11.0 Å². The van der Waals surface area contributed by atoms with Crippen molar-refractivity contribution in [2.75, 3.05) is 18.5 Å². The van der Waals surface area contributed by atoms with Crippen LogP contribution in [0.15, 0.2) is 16.8 Å². The number of hydrogen-bond donors (Lipinski definition) is 2.